The molecule has 0 saturated heterocycles. The Bertz CT molecular complexity index is 448. The molecule has 0 unspecified atom stereocenters. The van der Waals surface area contributed by atoms with Gasteiger partial charge < -0.3 is 0 Å². The molecule has 0 radical (unpaired) electrons. The maximum Gasteiger partial charge on any atom is 0.417 e. The van der Waals surface area contributed by atoms with E-state index >= 15 is 0 Å². The Labute approximate surface area is 105 Å². The average Bonchev–Trinajstić information content (AvgIpc) is 2.13. The van der Waals surface area contributed by atoms with Crippen LogP contribution in [0.4, 0.5) is 26.3 Å². The molecular formula is C9H3F6IO. The molecule has 0 amide bonds. The molecule has 0 N–H and O–H groups in total. The van der Waals surface area contributed by atoms with Crippen LogP contribution in [0.2, 0.25) is 0 Å². The highest BCUT2D eigenvalue weighted by molar-refractivity contribution is 14.1. The van der Waals surface area contributed by atoms with Crippen molar-refractivity contribution in [2.75, 3.05) is 0 Å². The van der Waals surface area contributed by atoms with Gasteiger partial charge in [-0.1, -0.05) is 0 Å². The smallest absolute Gasteiger partial charge is 0.298 e. The predicted molar refractivity (Wildman–Crippen MR) is 54.6 cm³/mol. The predicted octanol–water partition coefficient (Wildman–Crippen LogP) is 4.14. The second-order valence-electron chi connectivity index (χ2n) is 3.03. The van der Waals surface area contributed by atoms with Gasteiger partial charge in [0.15, 0.2) is 6.29 Å². The van der Waals surface area contributed by atoms with Crippen LogP contribution in [0.1, 0.15) is 21.5 Å². The first-order valence-electron chi connectivity index (χ1n) is 4.00. The van der Waals surface area contributed by atoms with Gasteiger partial charge >= 0.3 is 12.4 Å². The van der Waals surface area contributed by atoms with Gasteiger partial charge in [0, 0.05) is 9.13 Å². The molecule has 0 saturated carbocycles. The summed E-state index contributed by atoms with van der Waals surface area (Å²) in [5.74, 6) is 0. The third kappa shape index (κ3) is 3.11. The van der Waals surface area contributed by atoms with Crippen LogP contribution in [-0.2, 0) is 12.4 Å². The second kappa shape index (κ2) is 4.46. The minimum atomic E-state index is -5.00. The van der Waals surface area contributed by atoms with Gasteiger partial charge in [-0.2, -0.15) is 26.3 Å². The van der Waals surface area contributed by atoms with Gasteiger partial charge in [0.05, 0.1) is 11.1 Å². The first-order chi connectivity index (χ1) is 7.57. The maximum atomic E-state index is 12.4. The lowest BCUT2D eigenvalue weighted by molar-refractivity contribution is -0.143. The molecule has 8 heteroatoms. The van der Waals surface area contributed by atoms with Crippen LogP contribution in [-0.4, -0.2) is 6.29 Å². The molecule has 1 rings (SSSR count). The molecule has 17 heavy (non-hydrogen) atoms. The highest BCUT2D eigenvalue weighted by atomic mass is 127. The van der Waals surface area contributed by atoms with Gasteiger partial charge in [-0.15, -0.1) is 0 Å². The first kappa shape index (κ1) is 14.3. The molecule has 0 aliphatic carbocycles. The lowest BCUT2D eigenvalue weighted by Gasteiger charge is -2.15. The van der Waals surface area contributed by atoms with Crippen LogP contribution in [0.5, 0.6) is 0 Å². The van der Waals surface area contributed by atoms with Crippen LogP contribution in [0.25, 0.3) is 0 Å². The third-order valence-electron chi connectivity index (χ3n) is 1.88. The molecule has 0 aliphatic rings. The third-order valence-corrected chi connectivity index (χ3v) is 2.77. The molecule has 0 aliphatic heterocycles. The fraction of sp³-hybridized carbons (Fsp3) is 0.222. The van der Waals surface area contributed by atoms with E-state index in [9.17, 15) is 31.1 Å². The quantitative estimate of drug-likeness (QED) is 0.414. The van der Waals surface area contributed by atoms with Gasteiger partial charge in [-0.25, -0.2) is 0 Å². The zero-order valence-electron chi connectivity index (χ0n) is 7.79. The number of hydrogen-bond acceptors (Lipinski definition) is 1. The van der Waals surface area contributed by atoms with E-state index in [1.165, 1.54) is 22.6 Å². The molecule has 0 bridgehead atoms. The fourth-order valence-electron chi connectivity index (χ4n) is 1.15. The summed E-state index contributed by atoms with van der Waals surface area (Å²) in [6.45, 7) is 0. The van der Waals surface area contributed by atoms with E-state index in [-0.39, 0.29) is 12.4 Å². The summed E-state index contributed by atoms with van der Waals surface area (Å²) in [7, 11) is 0. The fourth-order valence-corrected chi connectivity index (χ4v) is 1.95. The number of carbonyl (C=O) groups is 1. The van der Waals surface area contributed by atoms with Crippen molar-refractivity contribution in [3.8, 4) is 0 Å². The number of aldehydes is 1. The molecule has 1 aromatic carbocycles. The Balaban J connectivity index is 3.55. The highest BCUT2D eigenvalue weighted by Gasteiger charge is 2.39. The van der Waals surface area contributed by atoms with Gasteiger partial charge in [0.1, 0.15) is 0 Å². The van der Waals surface area contributed by atoms with Crippen molar-refractivity contribution in [3.05, 3.63) is 32.4 Å². The zero-order valence-corrected chi connectivity index (χ0v) is 9.94. The standard InChI is InChI=1S/C9H3F6IO/c10-8(11,12)5-2-6(9(13,14)15)7(16)1-4(5)3-17/h1-3H. The minimum Gasteiger partial charge on any atom is -0.298 e. The van der Waals surface area contributed by atoms with Crippen molar-refractivity contribution in [2.45, 2.75) is 12.4 Å². The summed E-state index contributed by atoms with van der Waals surface area (Å²) in [6.07, 6.45) is -10.0. The molecular weight excluding hydrogens is 365 g/mol. The Morgan fingerprint density at radius 1 is 0.941 bits per heavy atom. The number of carbonyl (C=O) groups excluding carboxylic acids is 1. The Kier molecular flexibility index (Phi) is 3.75. The first-order valence-corrected chi connectivity index (χ1v) is 5.08. The number of hydrogen-bond donors (Lipinski definition) is 0. The van der Waals surface area contributed by atoms with Crippen LogP contribution >= 0.6 is 22.6 Å². The highest BCUT2D eigenvalue weighted by Crippen LogP contribution is 2.39. The van der Waals surface area contributed by atoms with Crippen molar-refractivity contribution in [2.24, 2.45) is 0 Å². The topological polar surface area (TPSA) is 17.1 Å². The molecule has 0 atom stereocenters. The van der Waals surface area contributed by atoms with Gasteiger partial charge in [-0.05, 0) is 34.7 Å². The van der Waals surface area contributed by atoms with Crippen molar-refractivity contribution < 1.29 is 31.1 Å². The summed E-state index contributed by atoms with van der Waals surface area (Å²) in [5.41, 5.74) is -3.80. The van der Waals surface area contributed by atoms with Gasteiger partial charge in [0.2, 0.25) is 0 Å². The van der Waals surface area contributed by atoms with Crippen molar-refractivity contribution in [3.63, 3.8) is 0 Å². The van der Waals surface area contributed by atoms with E-state index in [0.717, 1.165) is 0 Å². The van der Waals surface area contributed by atoms with E-state index in [1.54, 1.807) is 0 Å². The summed E-state index contributed by atoms with van der Waals surface area (Å²) in [5, 5.41) is 0. The number of halogens is 7. The molecule has 1 nitrogen and oxygen atoms in total. The molecule has 0 aromatic heterocycles. The lowest BCUT2D eigenvalue weighted by atomic mass is 10.0. The SMILES string of the molecule is O=Cc1cc(I)c(C(F)(F)F)cc1C(F)(F)F. The molecule has 94 valence electrons. The average molecular weight is 368 g/mol. The van der Waals surface area contributed by atoms with E-state index < -0.39 is 32.6 Å². The van der Waals surface area contributed by atoms with E-state index in [4.69, 9.17) is 0 Å². The normalized spacial score (nSPS) is 12.6. The van der Waals surface area contributed by atoms with Crippen LogP contribution in [0.15, 0.2) is 12.1 Å². The Morgan fingerprint density at radius 3 is 1.76 bits per heavy atom. The second-order valence-corrected chi connectivity index (χ2v) is 4.19. The van der Waals surface area contributed by atoms with Crippen molar-refractivity contribution >= 4 is 28.9 Å². The zero-order chi connectivity index (χ0) is 13.4. The van der Waals surface area contributed by atoms with E-state index in [2.05, 4.69) is 0 Å². The van der Waals surface area contributed by atoms with E-state index in [1.807, 2.05) is 0 Å². The Hall–Kier alpha value is -0.800. The van der Waals surface area contributed by atoms with Crippen molar-refractivity contribution in [1.29, 1.82) is 0 Å². The number of alkyl halides is 6. The summed E-state index contributed by atoms with van der Waals surface area (Å²) < 4.78 is 73.9. The maximum absolute atomic E-state index is 12.4. The molecule has 0 heterocycles. The number of benzene rings is 1. The molecule has 0 spiro atoms. The van der Waals surface area contributed by atoms with Gasteiger partial charge in [-0.3, -0.25) is 4.79 Å². The van der Waals surface area contributed by atoms with Crippen molar-refractivity contribution in [1.82, 2.24) is 0 Å². The molecule has 1 aromatic rings. The lowest BCUT2D eigenvalue weighted by Crippen LogP contribution is -2.15. The van der Waals surface area contributed by atoms with Crippen LogP contribution < -0.4 is 0 Å². The monoisotopic (exact) mass is 368 g/mol. The molecule has 0 fully saturated rings. The minimum absolute atomic E-state index is 0.0501. The number of rotatable bonds is 1. The summed E-state index contributed by atoms with van der Waals surface area (Å²) >= 11 is 1.23. The van der Waals surface area contributed by atoms with E-state index in [0.29, 0.717) is 6.07 Å². The van der Waals surface area contributed by atoms with Crippen LogP contribution in [0.3, 0.4) is 0 Å². The van der Waals surface area contributed by atoms with Crippen LogP contribution in [0, 0.1) is 3.57 Å². The summed E-state index contributed by atoms with van der Waals surface area (Å²) in [6, 6.07) is 0.519. The Morgan fingerprint density at radius 2 is 1.41 bits per heavy atom. The largest absolute Gasteiger partial charge is 0.417 e. The summed E-state index contributed by atoms with van der Waals surface area (Å²) in [4.78, 5) is 10.4. The van der Waals surface area contributed by atoms with Gasteiger partial charge in [0.25, 0.3) is 0 Å².